The number of benzene rings is 1. The number of carbonyl (C=O) groups is 1. The molecule has 0 saturated heterocycles. The van der Waals surface area contributed by atoms with Crippen LogP contribution in [0.1, 0.15) is 37.0 Å². The predicted molar refractivity (Wildman–Crippen MR) is 59.2 cm³/mol. The molecule has 2 rings (SSSR count). The molecule has 0 bridgehead atoms. The second-order valence-corrected chi connectivity index (χ2v) is 3.92. The molecule has 1 heterocycles. The zero-order valence-corrected chi connectivity index (χ0v) is 9.30. The van der Waals surface area contributed by atoms with E-state index in [0.717, 1.165) is 30.6 Å². The lowest BCUT2D eigenvalue weighted by atomic mass is 9.96. The van der Waals surface area contributed by atoms with Gasteiger partial charge in [0, 0.05) is 0 Å². The largest absolute Gasteiger partial charge is 0.426 e. The summed E-state index contributed by atoms with van der Waals surface area (Å²) in [5.74, 6) is 0.729. The fourth-order valence-corrected chi connectivity index (χ4v) is 2.01. The molecule has 0 saturated carbocycles. The van der Waals surface area contributed by atoms with Crippen LogP contribution in [0.15, 0.2) is 12.1 Å². The third-order valence-electron chi connectivity index (χ3n) is 2.91. The minimum atomic E-state index is -0.0959. The highest BCUT2D eigenvalue weighted by molar-refractivity contribution is 5.76. The van der Waals surface area contributed by atoms with Crippen molar-refractivity contribution in [2.75, 3.05) is 0 Å². The monoisotopic (exact) mass is 204 g/mol. The molecule has 0 atom stereocenters. The van der Waals surface area contributed by atoms with Crippen molar-refractivity contribution in [1.29, 1.82) is 0 Å². The summed E-state index contributed by atoms with van der Waals surface area (Å²) in [7, 11) is 0. The summed E-state index contributed by atoms with van der Waals surface area (Å²) in [5, 5.41) is 0. The van der Waals surface area contributed by atoms with Crippen molar-refractivity contribution < 1.29 is 9.53 Å². The summed E-state index contributed by atoms with van der Waals surface area (Å²) in [6, 6.07) is 4.32. The van der Waals surface area contributed by atoms with Crippen LogP contribution in [0.25, 0.3) is 0 Å². The first-order valence-electron chi connectivity index (χ1n) is 5.60. The average molecular weight is 204 g/mol. The van der Waals surface area contributed by atoms with E-state index in [0.29, 0.717) is 6.42 Å². The van der Waals surface area contributed by atoms with Crippen LogP contribution in [-0.2, 0) is 24.1 Å². The summed E-state index contributed by atoms with van der Waals surface area (Å²) >= 11 is 0. The third-order valence-corrected chi connectivity index (χ3v) is 2.91. The topological polar surface area (TPSA) is 26.3 Å². The first-order chi connectivity index (χ1) is 7.24. The molecule has 0 spiro atoms. The molecule has 0 N–H and O–H groups in total. The molecule has 0 aromatic heterocycles. The SMILES string of the molecule is CCc1cc(CC)c2c(c1)CCC(=O)O2. The van der Waals surface area contributed by atoms with E-state index in [1.54, 1.807) is 0 Å². The number of carbonyl (C=O) groups excluding carboxylic acids is 1. The summed E-state index contributed by atoms with van der Waals surface area (Å²) in [6.45, 7) is 4.24. The molecule has 0 fully saturated rings. The number of esters is 1. The van der Waals surface area contributed by atoms with Gasteiger partial charge in [-0.2, -0.15) is 0 Å². The maximum absolute atomic E-state index is 11.2. The molecular formula is C13H16O2. The normalized spacial score (nSPS) is 14.7. The third kappa shape index (κ3) is 1.89. The Morgan fingerprint density at radius 3 is 2.67 bits per heavy atom. The number of rotatable bonds is 2. The van der Waals surface area contributed by atoms with Gasteiger partial charge in [-0.3, -0.25) is 4.79 Å². The fraction of sp³-hybridized carbons (Fsp3) is 0.462. The lowest BCUT2D eigenvalue weighted by Gasteiger charge is -2.19. The first kappa shape index (κ1) is 10.2. The van der Waals surface area contributed by atoms with Gasteiger partial charge < -0.3 is 4.74 Å². The van der Waals surface area contributed by atoms with Gasteiger partial charge in [-0.1, -0.05) is 26.0 Å². The van der Waals surface area contributed by atoms with E-state index in [-0.39, 0.29) is 5.97 Å². The van der Waals surface area contributed by atoms with Gasteiger partial charge in [0.05, 0.1) is 6.42 Å². The van der Waals surface area contributed by atoms with Gasteiger partial charge in [0.25, 0.3) is 0 Å². The van der Waals surface area contributed by atoms with Crippen molar-refractivity contribution >= 4 is 5.97 Å². The molecular weight excluding hydrogens is 188 g/mol. The number of fused-ring (bicyclic) bond motifs is 1. The summed E-state index contributed by atoms with van der Waals surface area (Å²) in [5.41, 5.74) is 3.70. The Morgan fingerprint density at radius 1 is 1.20 bits per heavy atom. The van der Waals surface area contributed by atoms with E-state index in [2.05, 4.69) is 26.0 Å². The minimum absolute atomic E-state index is 0.0959. The highest BCUT2D eigenvalue weighted by Crippen LogP contribution is 2.31. The van der Waals surface area contributed by atoms with Gasteiger partial charge in [-0.05, 0) is 36.0 Å². The van der Waals surface area contributed by atoms with Gasteiger partial charge in [0.2, 0.25) is 0 Å². The molecule has 0 unspecified atom stereocenters. The zero-order valence-electron chi connectivity index (χ0n) is 9.30. The van der Waals surface area contributed by atoms with Gasteiger partial charge in [-0.15, -0.1) is 0 Å². The Kier molecular flexibility index (Phi) is 2.76. The van der Waals surface area contributed by atoms with Crippen molar-refractivity contribution in [1.82, 2.24) is 0 Å². The van der Waals surface area contributed by atoms with Crippen LogP contribution in [0.5, 0.6) is 5.75 Å². The Labute approximate surface area is 90.3 Å². The summed E-state index contributed by atoms with van der Waals surface area (Å²) in [6.07, 6.45) is 3.30. The number of hydrogen-bond acceptors (Lipinski definition) is 2. The molecule has 1 aromatic carbocycles. The van der Waals surface area contributed by atoms with Crippen molar-refractivity contribution in [2.45, 2.75) is 39.5 Å². The lowest BCUT2D eigenvalue weighted by molar-refractivity contribution is -0.135. The van der Waals surface area contributed by atoms with E-state index in [1.165, 1.54) is 11.1 Å². The Hall–Kier alpha value is -1.31. The molecule has 15 heavy (non-hydrogen) atoms. The molecule has 2 nitrogen and oxygen atoms in total. The van der Waals surface area contributed by atoms with Crippen LogP contribution in [0.3, 0.4) is 0 Å². The van der Waals surface area contributed by atoms with Crippen molar-refractivity contribution in [2.24, 2.45) is 0 Å². The second kappa shape index (κ2) is 4.05. The van der Waals surface area contributed by atoms with E-state index in [4.69, 9.17) is 4.74 Å². The van der Waals surface area contributed by atoms with E-state index >= 15 is 0 Å². The molecule has 80 valence electrons. The van der Waals surface area contributed by atoms with E-state index in [1.807, 2.05) is 0 Å². The van der Waals surface area contributed by atoms with Crippen molar-refractivity contribution in [3.63, 3.8) is 0 Å². The first-order valence-corrected chi connectivity index (χ1v) is 5.60. The standard InChI is InChI=1S/C13H16O2/c1-3-9-7-10(4-2)13-11(8-9)5-6-12(14)15-13/h7-8H,3-6H2,1-2H3. The van der Waals surface area contributed by atoms with Gasteiger partial charge >= 0.3 is 5.97 Å². The van der Waals surface area contributed by atoms with Crippen LogP contribution in [-0.4, -0.2) is 5.97 Å². The molecule has 1 aliphatic heterocycles. The van der Waals surface area contributed by atoms with Crippen LogP contribution >= 0.6 is 0 Å². The quantitative estimate of drug-likeness (QED) is 0.547. The zero-order chi connectivity index (χ0) is 10.8. The molecule has 1 aliphatic rings. The molecule has 0 amide bonds. The van der Waals surface area contributed by atoms with Crippen LogP contribution < -0.4 is 4.74 Å². The Bertz CT molecular complexity index is 377. The van der Waals surface area contributed by atoms with Crippen molar-refractivity contribution in [3.8, 4) is 5.75 Å². The van der Waals surface area contributed by atoms with Crippen LogP contribution in [0.2, 0.25) is 0 Å². The highest BCUT2D eigenvalue weighted by Gasteiger charge is 2.20. The van der Waals surface area contributed by atoms with Gasteiger partial charge in [-0.25, -0.2) is 0 Å². The second-order valence-electron chi connectivity index (χ2n) is 3.92. The smallest absolute Gasteiger partial charge is 0.311 e. The Morgan fingerprint density at radius 2 is 2.00 bits per heavy atom. The molecule has 2 heteroatoms. The fourth-order valence-electron chi connectivity index (χ4n) is 2.01. The maximum Gasteiger partial charge on any atom is 0.311 e. The maximum atomic E-state index is 11.2. The average Bonchev–Trinajstić information content (AvgIpc) is 2.27. The summed E-state index contributed by atoms with van der Waals surface area (Å²) < 4.78 is 5.31. The van der Waals surface area contributed by atoms with Gasteiger partial charge in [0.15, 0.2) is 0 Å². The molecule has 0 aliphatic carbocycles. The number of hydrogen-bond donors (Lipinski definition) is 0. The number of aryl methyl sites for hydroxylation is 3. The van der Waals surface area contributed by atoms with Crippen molar-refractivity contribution in [3.05, 3.63) is 28.8 Å². The van der Waals surface area contributed by atoms with Crippen LogP contribution in [0.4, 0.5) is 0 Å². The number of ether oxygens (including phenoxy) is 1. The minimum Gasteiger partial charge on any atom is -0.426 e. The highest BCUT2D eigenvalue weighted by atomic mass is 16.5. The van der Waals surface area contributed by atoms with E-state index in [9.17, 15) is 4.79 Å². The predicted octanol–water partition coefficient (Wildman–Crippen LogP) is 2.66. The molecule has 1 aromatic rings. The summed E-state index contributed by atoms with van der Waals surface area (Å²) in [4.78, 5) is 11.2. The Balaban J connectivity index is 2.49. The van der Waals surface area contributed by atoms with Gasteiger partial charge in [0.1, 0.15) is 5.75 Å². The van der Waals surface area contributed by atoms with Crippen LogP contribution in [0, 0.1) is 0 Å². The van der Waals surface area contributed by atoms with E-state index < -0.39 is 0 Å². The molecule has 0 radical (unpaired) electrons. The lowest BCUT2D eigenvalue weighted by Crippen LogP contribution is -2.17.